The molecule has 2 saturated heterocycles. The highest BCUT2D eigenvalue weighted by atomic mass is 35.5. The highest BCUT2D eigenvalue weighted by Gasteiger charge is 2.40. The molecular formula is C14H16ClN3. The second kappa shape index (κ2) is 4.46. The Kier molecular flexibility index (Phi) is 2.93. The molecule has 3 rings (SSSR count). The van der Waals surface area contributed by atoms with Crippen molar-refractivity contribution in [3.8, 4) is 6.07 Å². The van der Waals surface area contributed by atoms with Crippen molar-refractivity contribution in [2.75, 3.05) is 4.90 Å². The molecule has 2 bridgehead atoms. The molecule has 18 heavy (non-hydrogen) atoms. The second-order valence-corrected chi connectivity index (χ2v) is 5.73. The Bertz CT molecular complexity index is 494. The van der Waals surface area contributed by atoms with Crippen molar-refractivity contribution in [2.45, 2.75) is 43.8 Å². The van der Waals surface area contributed by atoms with E-state index < -0.39 is 0 Å². The van der Waals surface area contributed by atoms with Crippen molar-refractivity contribution in [1.82, 2.24) is 0 Å². The van der Waals surface area contributed by atoms with Crippen LogP contribution in [0.5, 0.6) is 0 Å². The first-order valence-corrected chi connectivity index (χ1v) is 6.80. The molecule has 2 fully saturated rings. The molecule has 0 spiro atoms. The summed E-state index contributed by atoms with van der Waals surface area (Å²) in [6.07, 6.45) is 4.40. The van der Waals surface area contributed by atoms with E-state index in [0.717, 1.165) is 18.5 Å². The van der Waals surface area contributed by atoms with Gasteiger partial charge in [0, 0.05) is 23.1 Å². The van der Waals surface area contributed by atoms with E-state index in [4.69, 9.17) is 17.3 Å². The third-order valence-electron chi connectivity index (χ3n) is 4.13. The fourth-order valence-electron chi connectivity index (χ4n) is 3.43. The zero-order valence-electron chi connectivity index (χ0n) is 10.1. The van der Waals surface area contributed by atoms with Crippen LogP contribution in [0.25, 0.3) is 0 Å². The first-order chi connectivity index (χ1) is 8.69. The van der Waals surface area contributed by atoms with Gasteiger partial charge in [0.15, 0.2) is 0 Å². The lowest BCUT2D eigenvalue weighted by atomic mass is 9.96. The van der Waals surface area contributed by atoms with Gasteiger partial charge < -0.3 is 10.6 Å². The predicted octanol–water partition coefficient (Wildman–Crippen LogP) is 2.67. The minimum absolute atomic E-state index is 0.309. The van der Waals surface area contributed by atoms with E-state index in [9.17, 15) is 5.26 Å². The highest BCUT2D eigenvalue weighted by molar-refractivity contribution is 6.30. The summed E-state index contributed by atoms with van der Waals surface area (Å²) in [5.74, 6) is 0. The van der Waals surface area contributed by atoms with Gasteiger partial charge in [-0.25, -0.2) is 0 Å². The van der Waals surface area contributed by atoms with E-state index in [-0.39, 0.29) is 0 Å². The summed E-state index contributed by atoms with van der Waals surface area (Å²) >= 11 is 6.08. The van der Waals surface area contributed by atoms with Gasteiger partial charge in [-0.3, -0.25) is 0 Å². The van der Waals surface area contributed by atoms with Gasteiger partial charge in [0.1, 0.15) is 6.07 Å². The van der Waals surface area contributed by atoms with Crippen LogP contribution in [0.4, 0.5) is 5.69 Å². The molecule has 0 radical (unpaired) electrons. The van der Waals surface area contributed by atoms with Crippen LogP contribution < -0.4 is 10.6 Å². The third kappa shape index (κ3) is 1.86. The SMILES string of the molecule is N#Cc1ccc(Cl)cc1N1C2CCC1CC(N)C2. The number of benzene rings is 1. The fraction of sp³-hybridized carbons (Fsp3) is 0.500. The Labute approximate surface area is 112 Å². The molecule has 2 atom stereocenters. The third-order valence-corrected chi connectivity index (χ3v) is 4.36. The van der Waals surface area contributed by atoms with Crippen molar-refractivity contribution in [3.05, 3.63) is 28.8 Å². The molecule has 4 heteroatoms. The summed E-state index contributed by atoms with van der Waals surface area (Å²) in [7, 11) is 0. The van der Waals surface area contributed by atoms with Crippen LogP contribution in [0.1, 0.15) is 31.2 Å². The van der Waals surface area contributed by atoms with E-state index in [1.807, 2.05) is 12.1 Å². The number of halogens is 1. The van der Waals surface area contributed by atoms with Gasteiger partial charge in [0.05, 0.1) is 11.3 Å². The van der Waals surface area contributed by atoms with E-state index in [1.54, 1.807) is 6.07 Å². The summed E-state index contributed by atoms with van der Waals surface area (Å²) < 4.78 is 0. The number of nitrogens with two attached hydrogens (primary N) is 1. The summed E-state index contributed by atoms with van der Waals surface area (Å²) in [5, 5.41) is 9.93. The lowest BCUT2D eigenvalue weighted by molar-refractivity contribution is 0.414. The Morgan fingerprint density at radius 2 is 1.94 bits per heavy atom. The van der Waals surface area contributed by atoms with Gasteiger partial charge in [-0.15, -0.1) is 0 Å². The number of hydrogen-bond donors (Lipinski definition) is 1. The summed E-state index contributed by atoms with van der Waals surface area (Å²) in [6, 6.07) is 9.04. The molecule has 1 aromatic carbocycles. The van der Waals surface area contributed by atoms with Gasteiger partial charge in [-0.2, -0.15) is 5.26 Å². The molecule has 2 aliphatic rings. The van der Waals surface area contributed by atoms with Gasteiger partial charge >= 0.3 is 0 Å². The first-order valence-electron chi connectivity index (χ1n) is 6.42. The zero-order chi connectivity index (χ0) is 12.7. The van der Waals surface area contributed by atoms with Gasteiger partial charge in [-0.1, -0.05) is 11.6 Å². The zero-order valence-corrected chi connectivity index (χ0v) is 10.9. The van der Waals surface area contributed by atoms with E-state index >= 15 is 0 Å². The number of fused-ring (bicyclic) bond motifs is 2. The number of nitriles is 1. The maximum absolute atomic E-state index is 9.24. The molecule has 2 unspecified atom stereocenters. The van der Waals surface area contributed by atoms with Crippen LogP contribution in [0.2, 0.25) is 5.02 Å². The van der Waals surface area contributed by atoms with Crippen LogP contribution >= 0.6 is 11.6 Å². The Balaban J connectivity index is 2.01. The first kappa shape index (κ1) is 11.8. The molecule has 0 aromatic heterocycles. The Morgan fingerprint density at radius 3 is 2.56 bits per heavy atom. The lowest BCUT2D eigenvalue weighted by Gasteiger charge is -2.40. The van der Waals surface area contributed by atoms with Crippen LogP contribution in [0.3, 0.4) is 0 Å². The predicted molar refractivity (Wildman–Crippen MR) is 72.7 cm³/mol. The topological polar surface area (TPSA) is 53.0 Å². The molecule has 0 saturated carbocycles. The summed E-state index contributed by atoms with van der Waals surface area (Å²) in [5.41, 5.74) is 7.78. The summed E-state index contributed by atoms with van der Waals surface area (Å²) in [6.45, 7) is 0. The molecule has 2 N–H and O–H groups in total. The quantitative estimate of drug-likeness (QED) is 0.846. The molecule has 2 aliphatic heterocycles. The van der Waals surface area contributed by atoms with Crippen molar-refractivity contribution in [1.29, 1.82) is 5.26 Å². The standard InChI is InChI=1S/C14H16ClN3/c15-10-2-1-9(8-16)14(5-10)18-12-3-4-13(18)7-11(17)6-12/h1-2,5,11-13H,3-4,6-7,17H2. The maximum atomic E-state index is 9.24. The number of piperidine rings is 1. The minimum Gasteiger partial charge on any atom is -0.364 e. The average Bonchev–Trinajstić information content (AvgIpc) is 2.61. The fourth-order valence-corrected chi connectivity index (χ4v) is 3.59. The van der Waals surface area contributed by atoms with Gasteiger partial charge in [0.2, 0.25) is 0 Å². The normalized spacial score (nSPS) is 30.3. The van der Waals surface area contributed by atoms with Gasteiger partial charge in [-0.05, 0) is 43.9 Å². The monoisotopic (exact) mass is 261 g/mol. The Hall–Kier alpha value is -1.24. The molecule has 3 nitrogen and oxygen atoms in total. The molecular weight excluding hydrogens is 246 g/mol. The van der Waals surface area contributed by atoms with Crippen molar-refractivity contribution in [2.24, 2.45) is 5.73 Å². The van der Waals surface area contributed by atoms with E-state index in [1.165, 1.54) is 12.8 Å². The minimum atomic E-state index is 0.309. The van der Waals surface area contributed by atoms with E-state index in [0.29, 0.717) is 28.7 Å². The molecule has 0 aliphatic carbocycles. The number of nitrogens with zero attached hydrogens (tertiary/aromatic N) is 2. The second-order valence-electron chi connectivity index (χ2n) is 5.30. The van der Waals surface area contributed by atoms with Crippen molar-refractivity contribution < 1.29 is 0 Å². The number of rotatable bonds is 1. The molecule has 94 valence electrons. The number of hydrogen-bond acceptors (Lipinski definition) is 3. The van der Waals surface area contributed by atoms with Crippen LogP contribution in [-0.4, -0.2) is 18.1 Å². The Morgan fingerprint density at radius 1 is 1.28 bits per heavy atom. The molecule has 0 amide bonds. The van der Waals surface area contributed by atoms with Crippen molar-refractivity contribution >= 4 is 17.3 Å². The molecule has 2 heterocycles. The van der Waals surface area contributed by atoms with Crippen molar-refractivity contribution in [3.63, 3.8) is 0 Å². The van der Waals surface area contributed by atoms with Crippen LogP contribution in [0, 0.1) is 11.3 Å². The summed E-state index contributed by atoms with van der Waals surface area (Å²) in [4.78, 5) is 2.38. The average molecular weight is 262 g/mol. The smallest absolute Gasteiger partial charge is 0.101 e. The molecule has 1 aromatic rings. The maximum Gasteiger partial charge on any atom is 0.101 e. The lowest BCUT2D eigenvalue weighted by Crippen LogP contribution is -2.47. The largest absolute Gasteiger partial charge is 0.364 e. The van der Waals surface area contributed by atoms with Crippen LogP contribution in [-0.2, 0) is 0 Å². The highest BCUT2D eigenvalue weighted by Crippen LogP contribution is 2.40. The van der Waals surface area contributed by atoms with Crippen LogP contribution in [0.15, 0.2) is 18.2 Å². The van der Waals surface area contributed by atoms with E-state index in [2.05, 4.69) is 11.0 Å². The van der Waals surface area contributed by atoms with Gasteiger partial charge in [0.25, 0.3) is 0 Å². The number of anilines is 1.